The van der Waals surface area contributed by atoms with Gasteiger partial charge < -0.3 is 15.4 Å². The number of hydrogen-bond donors (Lipinski definition) is 1. The quantitative estimate of drug-likeness (QED) is 0.832. The highest BCUT2D eigenvalue weighted by atomic mass is 16.5. The first-order chi connectivity index (χ1) is 8.86. The minimum absolute atomic E-state index is 0.312. The van der Waals surface area contributed by atoms with Crippen molar-refractivity contribution in [2.75, 3.05) is 14.2 Å². The second kappa shape index (κ2) is 6.22. The first-order valence-electron chi connectivity index (χ1n) is 6.08. The minimum Gasteiger partial charge on any atom is -0.496 e. The fourth-order valence-corrected chi connectivity index (χ4v) is 1.87. The van der Waals surface area contributed by atoms with Gasteiger partial charge in [0.15, 0.2) is 0 Å². The number of carbonyl (C=O) groups excluding carboxylic acids is 2. The van der Waals surface area contributed by atoms with Crippen molar-refractivity contribution in [1.82, 2.24) is 4.90 Å². The number of amides is 2. The Hall–Kier alpha value is -2.04. The van der Waals surface area contributed by atoms with E-state index in [0.717, 1.165) is 16.9 Å². The van der Waals surface area contributed by atoms with Gasteiger partial charge in [-0.2, -0.15) is 0 Å². The van der Waals surface area contributed by atoms with E-state index < -0.39 is 11.8 Å². The molecule has 1 aromatic carbocycles. The standard InChI is InChI=1S/C14H20N2O3/c1-9(2)11-7-10(5-6-12(11)19-4)8-16(3)14(18)13(15)17/h5-7,9H,8H2,1-4H3,(H2,15,17). The number of likely N-dealkylation sites (N-methyl/N-ethyl adjacent to an activating group) is 1. The van der Waals surface area contributed by atoms with Crippen molar-refractivity contribution in [3.63, 3.8) is 0 Å². The number of methoxy groups -OCH3 is 1. The first-order valence-corrected chi connectivity index (χ1v) is 6.08. The van der Waals surface area contributed by atoms with E-state index in [-0.39, 0.29) is 0 Å². The van der Waals surface area contributed by atoms with E-state index >= 15 is 0 Å². The second-order valence-corrected chi connectivity index (χ2v) is 4.76. The smallest absolute Gasteiger partial charge is 0.311 e. The zero-order chi connectivity index (χ0) is 14.6. The maximum absolute atomic E-state index is 11.4. The molecular weight excluding hydrogens is 244 g/mol. The average molecular weight is 264 g/mol. The van der Waals surface area contributed by atoms with Gasteiger partial charge in [0.05, 0.1) is 7.11 Å². The van der Waals surface area contributed by atoms with Gasteiger partial charge in [-0.1, -0.05) is 26.0 Å². The highest BCUT2D eigenvalue weighted by Gasteiger charge is 2.16. The molecule has 0 radical (unpaired) electrons. The van der Waals surface area contributed by atoms with Crippen LogP contribution in [0.4, 0.5) is 0 Å². The molecule has 0 aliphatic carbocycles. The maximum Gasteiger partial charge on any atom is 0.311 e. The van der Waals surface area contributed by atoms with Gasteiger partial charge >= 0.3 is 11.8 Å². The summed E-state index contributed by atoms with van der Waals surface area (Å²) < 4.78 is 5.30. The molecule has 0 aliphatic heterocycles. The highest BCUT2D eigenvalue weighted by Crippen LogP contribution is 2.27. The van der Waals surface area contributed by atoms with Crippen molar-refractivity contribution in [1.29, 1.82) is 0 Å². The summed E-state index contributed by atoms with van der Waals surface area (Å²) in [5, 5.41) is 0. The van der Waals surface area contributed by atoms with Crippen LogP contribution in [0, 0.1) is 0 Å². The highest BCUT2D eigenvalue weighted by molar-refractivity contribution is 6.34. The molecule has 104 valence electrons. The van der Waals surface area contributed by atoms with Crippen molar-refractivity contribution in [3.8, 4) is 5.75 Å². The molecule has 0 aliphatic rings. The number of hydrogen-bond acceptors (Lipinski definition) is 3. The van der Waals surface area contributed by atoms with Crippen LogP contribution in [0.15, 0.2) is 18.2 Å². The normalized spacial score (nSPS) is 10.4. The first kappa shape index (κ1) is 15.0. The number of ether oxygens (including phenoxy) is 1. The average Bonchev–Trinajstić information content (AvgIpc) is 2.37. The SMILES string of the molecule is COc1ccc(CN(C)C(=O)C(N)=O)cc1C(C)C. The summed E-state index contributed by atoms with van der Waals surface area (Å²) in [5.74, 6) is -0.503. The molecule has 1 rings (SSSR count). The van der Waals surface area contributed by atoms with Gasteiger partial charge in [0, 0.05) is 13.6 Å². The van der Waals surface area contributed by atoms with Crippen molar-refractivity contribution in [3.05, 3.63) is 29.3 Å². The lowest BCUT2D eigenvalue weighted by molar-refractivity contribution is -0.143. The lowest BCUT2D eigenvalue weighted by Gasteiger charge is -2.18. The molecule has 0 saturated heterocycles. The monoisotopic (exact) mass is 264 g/mol. The van der Waals surface area contributed by atoms with Crippen LogP contribution in [0.5, 0.6) is 5.75 Å². The number of rotatable bonds is 4. The summed E-state index contributed by atoms with van der Waals surface area (Å²) >= 11 is 0. The van der Waals surface area contributed by atoms with Gasteiger partial charge in [0.1, 0.15) is 5.75 Å². The predicted octanol–water partition coefficient (Wildman–Crippen LogP) is 1.26. The number of nitrogens with zero attached hydrogens (tertiary/aromatic N) is 1. The zero-order valence-electron chi connectivity index (χ0n) is 11.8. The molecule has 0 saturated carbocycles. The molecule has 0 unspecified atom stereocenters. The largest absolute Gasteiger partial charge is 0.496 e. The second-order valence-electron chi connectivity index (χ2n) is 4.76. The maximum atomic E-state index is 11.4. The van der Waals surface area contributed by atoms with E-state index in [1.807, 2.05) is 18.2 Å². The van der Waals surface area contributed by atoms with Gasteiger partial charge in [0.25, 0.3) is 0 Å². The van der Waals surface area contributed by atoms with Crippen LogP contribution in [0.1, 0.15) is 30.9 Å². The van der Waals surface area contributed by atoms with Crippen LogP contribution in [0.3, 0.4) is 0 Å². The Morgan fingerprint density at radius 3 is 2.47 bits per heavy atom. The lowest BCUT2D eigenvalue weighted by Crippen LogP contribution is -2.37. The predicted molar refractivity (Wildman–Crippen MR) is 72.8 cm³/mol. The van der Waals surface area contributed by atoms with E-state index in [2.05, 4.69) is 13.8 Å². The molecule has 5 heteroatoms. The Bertz CT molecular complexity index is 484. The number of carbonyl (C=O) groups is 2. The lowest BCUT2D eigenvalue weighted by atomic mass is 9.99. The molecule has 2 N–H and O–H groups in total. The van der Waals surface area contributed by atoms with E-state index in [0.29, 0.717) is 12.5 Å². The molecule has 0 spiro atoms. The zero-order valence-corrected chi connectivity index (χ0v) is 11.8. The van der Waals surface area contributed by atoms with Crippen LogP contribution >= 0.6 is 0 Å². The van der Waals surface area contributed by atoms with E-state index in [9.17, 15) is 9.59 Å². The Kier molecular flexibility index (Phi) is 4.92. The van der Waals surface area contributed by atoms with Crippen LogP contribution in [-0.4, -0.2) is 30.9 Å². The van der Waals surface area contributed by atoms with Gasteiger partial charge in [-0.3, -0.25) is 9.59 Å². The summed E-state index contributed by atoms with van der Waals surface area (Å²) in [5.41, 5.74) is 6.97. The van der Waals surface area contributed by atoms with Gasteiger partial charge in [-0.15, -0.1) is 0 Å². The van der Waals surface area contributed by atoms with E-state index in [4.69, 9.17) is 10.5 Å². The van der Waals surface area contributed by atoms with Crippen molar-refractivity contribution < 1.29 is 14.3 Å². The summed E-state index contributed by atoms with van der Waals surface area (Å²) in [6, 6.07) is 5.72. The molecule has 5 nitrogen and oxygen atoms in total. The van der Waals surface area contributed by atoms with Crippen LogP contribution in [-0.2, 0) is 16.1 Å². The number of benzene rings is 1. The minimum atomic E-state index is -0.944. The van der Waals surface area contributed by atoms with Crippen LogP contribution < -0.4 is 10.5 Å². The molecule has 1 aromatic rings. The Labute approximate surface area is 113 Å². The number of nitrogens with two attached hydrogens (primary N) is 1. The van der Waals surface area contributed by atoms with Gasteiger partial charge in [-0.25, -0.2) is 0 Å². The third-order valence-corrected chi connectivity index (χ3v) is 2.89. The Balaban J connectivity index is 2.94. The molecule has 0 bridgehead atoms. The van der Waals surface area contributed by atoms with Crippen molar-refractivity contribution >= 4 is 11.8 Å². The molecule has 0 fully saturated rings. The molecule has 0 heterocycles. The van der Waals surface area contributed by atoms with Gasteiger partial charge in [0.2, 0.25) is 0 Å². The fraction of sp³-hybridized carbons (Fsp3) is 0.429. The topological polar surface area (TPSA) is 72.6 Å². The van der Waals surface area contributed by atoms with Crippen LogP contribution in [0.2, 0.25) is 0 Å². The van der Waals surface area contributed by atoms with E-state index in [1.54, 1.807) is 14.2 Å². The Morgan fingerprint density at radius 2 is 2.00 bits per heavy atom. The summed E-state index contributed by atoms with van der Waals surface area (Å²) in [7, 11) is 3.18. The summed E-state index contributed by atoms with van der Waals surface area (Å²) in [6.45, 7) is 4.48. The van der Waals surface area contributed by atoms with E-state index in [1.165, 1.54) is 4.90 Å². The van der Waals surface area contributed by atoms with Crippen LogP contribution in [0.25, 0.3) is 0 Å². The number of primary amides is 1. The molecule has 0 aromatic heterocycles. The van der Waals surface area contributed by atoms with Gasteiger partial charge in [-0.05, 0) is 23.1 Å². The third-order valence-electron chi connectivity index (χ3n) is 2.89. The van der Waals surface area contributed by atoms with Crippen molar-refractivity contribution in [2.45, 2.75) is 26.3 Å². The third kappa shape index (κ3) is 3.71. The molecule has 19 heavy (non-hydrogen) atoms. The molecule has 0 atom stereocenters. The fourth-order valence-electron chi connectivity index (χ4n) is 1.87. The Morgan fingerprint density at radius 1 is 1.37 bits per heavy atom. The summed E-state index contributed by atoms with van der Waals surface area (Å²) in [6.07, 6.45) is 0. The molecule has 2 amide bonds. The summed E-state index contributed by atoms with van der Waals surface area (Å²) in [4.78, 5) is 23.5. The molecular formula is C14H20N2O3. The van der Waals surface area contributed by atoms with Crippen molar-refractivity contribution in [2.24, 2.45) is 5.73 Å².